The second-order valence-electron chi connectivity index (χ2n) is 4.77. The number of esters is 1. The van der Waals surface area contributed by atoms with Gasteiger partial charge in [-0.05, 0) is 29.8 Å². The molecule has 22 heavy (non-hydrogen) atoms. The van der Waals surface area contributed by atoms with Gasteiger partial charge < -0.3 is 14.8 Å². The first kappa shape index (κ1) is 14.1. The Bertz CT molecular complexity index is 727. The number of fused-ring (bicyclic) bond motifs is 1. The van der Waals surface area contributed by atoms with Crippen molar-refractivity contribution >= 4 is 17.6 Å². The van der Waals surface area contributed by atoms with Crippen molar-refractivity contribution in [2.24, 2.45) is 0 Å². The average Bonchev–Trinajstić information content (AvgIpc) is 2.49. The van der Waals surface area contributed by atoms with E-state index in [-0.39, 0.29) is 24.8 Å². The van der Waals surface area contributed by atoms with Gasteiger partial charge in [0, 0.05) is 6.07 Å². The first-order chi connectivity index (χ1) is 10.6. The fourth-order valence-electron chi connectivity index (χ4n) is 2.06. The molecule has 1 heterocycles. The van der Waals surface area contributed by atoms with Crippen molar-refractivity contribution in [1.82, 2.24) is 0 Å². The van der Waals surface area contributed by atoms with E-state index in [0.29, 0.717) is 22.7 Å². The maximum absolute atomic E-state index is 12.8. The van der Waals surface area contributed by atoms with Crippen molar-refractivity contribution in [1.29, 1.82) is 0 Å². The maximum atomic E-state index is 12.8. The Hall–Kier alpha value is -2.89. The van der Waals surface area contributed by atoms with Crippen molar-refractivity contribution in [3.05, 3.63) is 53.8 Å². The molecule has 5 nitrogen and oxygen atoms in total. The van der Waals surface area contributed by atoms with E-state index >= 15 is 0 Å². The van der Waals surface area contributed by atoms with Crippen LogP contribution in [0.1, 0.15) is 5.56 Å². The van der Waals surface area contributed by atoms with Gasteiger partial charge in [0.2, 0.25) is 0 Å². The fraction of sp³-hybridized carbons (Fsp3) is 0.125. The van der Waals surface area contributed by atoms with Crippen molar-refractivity contribution in [2.45, 2.75) is 6.42 Å². The van der Waals surface area contributed by atoms with Crippen LogP contribution in [0.3, 0.4) is 0 Å². The third kappa shape index (κ3) is 3.22. The summed E-state index contributed by atoms with van der Waals surface area (Å²) in [6.07, 6.45) is 0.0280. The third-order valence-electron chi connectivity index (χ3n) is 3.08. The highest BCUT2D eigenvalue weighted by atomic mass is 19.1. The molecule has 0 bridgehead atoms. The van der Waals surface area contributed by atoms with E-state index in [1.807, 2.05) is 0 Å². The molecule has 1 aliphatic rings. The fourth-order valence-corrected chi connectivity index (χ4v) is 2.06. The van der Waals surface area contributed by atoms with Crippen molar-refractivity contribution in [3.8, 4) is 11.5 Å². The van der Waals surface area contributed by atoms with Crippen LogP contribution >= 0.6 is 0 Å². The number of amides is 1. The number of nitrogens with one attached hydrogen (secondary N) is 1. The molecule has 0 radical (unpaired) electrons. The van der Waals surface area contributed by atoms with Gasteiger partial charge in [-0.25, -0.2) is 4.39 Å². The van der Waals surface area contributed by atoms with E-state index in [9.17, 15) is 14.0 Å². The van der Waals surface area contributed by atoms with E-state index in [2.05, 4.69) is 5.32 Å². The molecule has 0 fully saturated rings. The lowest BCUT2D eigenvalue weighted by Gasteiger charge is -2.18. The van der Waals surface area contributed by atoms with Gasteiger partial charge in [-0.2, -0.15) is 0 Å². The van der Waals surface area contributed by atoms with E-state index in [0.717, 1.165) is 0 Å². The SMILES string of the molecule is O=C1COc2ccc(OC(=O)Cc3ccc(F)cc3)cc2N1. The van der Waals surface area contributed by atoms with Gasteiger partial charge in [0.15, 0.2) is 6.61 Å². The lowest BCUT2D eigenvalue weighted by atomic mass is 10.1. The van der Waals surface area contributed by atoms with Gasteiger partial charge in [0.1, 0.15) is 17.3 Å². The lowest BCUT2D eigenvalue weighted by molar-refractivity contribution is -0.133. The Labute approximate surface area is 125 Å². The molecular weight excluding hydrogens is 289 g/mol. The zero-order valence-electron chi connectivity index (χ0n) is 11.5. The highest BCUT2D eigenvalue weighted by Crippen LogP contribution is 2.31. The van der Waals surface area contributed by atoms with Gasteiger partial charge in [-0.3, -0.25) is 9.59 Å². The minimum atomic E-state index is -0.477. The molecule has 0 aromatic heterocycles. The number of carbonyl (C=O) groups excluding carboxylic acids is 2. The van der Waals surface area contributed by atoms with Crippen LogP contribution in [0.15, 0.2) is 42.5 Å². The monoisotopic (exact) mass is 301 g/mol. The zero-order chi connectivity index (χ0) is 15.5. The molecule has 3 rings (SSSR count). The van der Waals surface area contributed by atoms with Crippen LogP contribution in [0, 0.1) is 5.82 Å². The standard InChI is InChI=1S/C16H12FNO4/c17-11-3-1-10(2-4-11)7-16(20)22-12-5-6-14-13(8-12)18-15(19)9-21-14/h1-6,8H,7,9H2,(H,18,19). The summed E-state index contributed by atoms with van der Waals surface area (Å²) in [5.74, 6) is -0.269. The van der Waals surface area contributed by atoms with Crippen LogP contribution in [0.25, 0.3) is 0 Å². The number of hydrogen-bond donors (Lipinski definition) is 1. The van der Waals surface area contributed by atoms with Gasteiger partial charge in [0.05, 0.1) is 12.1 Å². The topological polar surface area (TPSA) is 64.6 Å². The number of halogens is 1. The molecule has 0 saturated carbocycles. The first-order valence-electron chi connectivity index (χ1n) is 6.62. The molecule has 0 aliphatic carbocycles. The molecule has 1 N–H and O–H groups in total. The van der Waals surface area contributed by atoms with Crippen LogP contribution in [0.5, 0.6) is 11.5 Å². The molecule has 2 aromatic rings. The largest absolute Gasteiger partial charge is 0.482 e. The van der Waals surface area contributed by atoms with E-state index in [4.69, 9.17) is 9.47 Å². The Morgan fingerprint density at radius 3 is 2.77 bits per heavy atom. The summed E-state index contributed by atoms with van der Waals surface area (Å²) in [5, 5.41) is 2.63. The minimum Gasteiger partial charge on any atom is -0.482 e. The predicted octanol–water partition coefficient (Wildman–Crippen LogP) is 2.30. The second kappa shape index (κ2) is 5.85. The highest BCUT2D eigenvalue weighted by molar-refractivity contribution is 5.95. The van der Waals surface area contributed by atoms with E-state index < -0.39 is 5.97 Å². The van der Waals surface area contributed by atoms with Crippen molar-refractivity contribution in [3.63, 3.8) is 0 Å². The normalized spacial score (nSPS) is 12.9. The number of carbonyl (C=O) groups is 2. The highest BCUT2D eigenvalue weighted by Gasteiger charge is 2.17. The number of hydrogen-bond acceptors (Lipinski definition) is 4. The lowest BCUT2D eigenvalue weighted by Crippen LogP contribution is -2.25. The van der Waals surface area contributed by atoms with Gasteiger partial charge in [-0.1, -0.05) is 12.1 Å². The Kier molecular flexibility index (Phi) is 3.74. The molecule has 112 valence electrons. The predicted molar refractivity (Wildman–Crippen MR) is 76.3 cm³/mol. The average molecular weight is 301 g/mol. The second-order valence-corrected chi connectivity index (χ2v) is 4.77. The summed E-state index contributed by atoms with van der Waals surface area (Å²) in [5.41, 5.74) is 1.12. The van der Waals surface area contributed by atoms with E-state index in [1.54, 1.807) is 12.1 Å². The van der Waals surface area contributed by atoms with E-state index in [1.165, 1.54) is 30.3 Å². The number of anilines is 1. The Morgan fingerprint density at radius 2 is 2.00 bits per heavy atom. The van der Waals surface area contributed by atoms with Crippen molar-refractivity contribution in [2.75, 3.05) is 11.9 Å². The van der Waals surface area contributed by atoms with Gasteiger partial charge >= 0.3 is 5.97 Å². The molecule has 0 spiro atoms. The molecule has 1 aliphatic heterocycles. The van der Waals surface area contributed by atoms with Crippen LogP contribution in [-0.4, -0.2) is 18.5 Å². The summed E-state index contributed by atoms with van der Waals surface area (Å²) in [7, 11) is 0. The molecule has 0 unspecified atom stereocenters. The van der Waals surface area contributed by atoms with Gasteiger partial charge in [-0.15, -0.1) is 0 Å². The summed E-state index contributed by atoms with van der Waals surface area (Å²) in [6.45, 7) is -0.0311. The summed E-state index contributed by atoms with van der Waals surface area (Å²) < 4.78 is 23.2. The number of rotatable bonds is 3. The number of ether oxygens (including phenoxy) is 2. The van der Waals surface area contributed by atoms with Crippen LogP contribution in [0.2, 0.25) is 0 Å². The van der Waals surface area contributed by atoms with Crippen LogP contribution in [0.4, 0.5) is 10.1 Å². The zero-order valence-corrected chi connectivity index (χ0v) is 11.5. The van der Waals surface area contributed by atoms with Crippen LogP contribution in [-0.2, 0) is 16.0 Å². The maximum Gasteiger partial charge on any atom is 0.315 e. The first-order valence-corrected chi connectivity index (χ1v) is 6.62. The molecule has 6 heteroatoms. The summed E-state index contributed by atoms with van der Waals surface area (Å²) in [6, 6.07) is 10.3. The molecule has 0 saturated heterocycles. The summed E-state index contributed by atoms with van der Waals surface area (Å²) in [4.78, 5) is 23.1. The van der Waals surface area contributed by atoms with Crippen LogP contribution < -0.4 is 14.8 Å². The number of benzene rings is 2. The van der Waals surface area contributed by atoms with Gasteiger partial charge in [0.25, 0.3) is 5.91 Å². The Balaban J connectivity index is 1.67. The smallest absolute Gasteiger partial charge is 0.315 e. The van der Waals surface area contributed by atoms with Crippen molar-refractivity contribution < 1.29 is 23.5 Å². The Morgan fingerprint density at radius 1 is 1.23 bits per heavy atom. The quantitative estimate of drug-likeness (QED) is 0.698. The molecular formula is C16H12FNO4. The molecule has 0 atom stereocenters. The third-order valence-corrected chi connectivity index (χ3v) is 3.08. The summed E-state index contributed by atoms with van der Waals surface area (Å²) >= 11 is 0. The molecule has 2 aromatic carbocycles. The minimum absolute atomic E-state index is 0.0280. The molecule has 1 amide bonds.